The second-order valence-corrected chi connectivity index (χ2v) is 3.82. The number of phenols is 1. The SMILES string of the molecule is O=C(NCc1ccno1)Nc1ccc(C(=O)O)c(O)c1. The molecule has 0 saturated heterocycles. The number of carbonyl (C=O) groups excluding carboxylic acids is 1. The van der Waals surface area contributed by atoms with Gasteiger partial charge in [-0.2, -0.15) is 0 Å². The number of carbonyl (C=O) groups is 2. The summed E-state index contributed by atoms with van der Waals surface area (Å²) < 4.78 is 4.80. The van der Waals surface area contributed by atoms with Gasteiger partial charge < -0.3 is 25.4 Å². The number of amides is 2. The first-order chi connectivity index (χ1) is 9.56. The van der Waals surface area contributed by atoms with Crippen molar-refractivity contribution in [2.45, 2.75) is 6.54 Å². The second-order valence-electron chi connectivity index (χ2n) is 3.82. The Kier molecular flexibility index (Phi) is 3.85. The maximum Gasteiger partial charge on any atom is 0.339 e. The molecule has 2 amide bonds. The van der Waals surface area contributed by atoms with E-state index < -0.39 is 17.7 Å². The Morgan fingerprint density at radius 2 is 2.10 bits per heavy atom. The van der Waals surface area contributed by atoms with Crippen molar-refractivity contribution < 1.29 is 24.3 Å². The minimum Gasteiger partial charge on any atom is -0.507 e. The van der Waals surface area contributed by atoms with Gasteiger partial charge in [-0.05, 0) is 12.1 Å². The van der Waals surface area contributed by atoms with Gasteiger partial charge in [0.25, 0.3) is 0 Å². The average molecular weight is 277 g/mol. The Morgan fingerprint density at radius 3 is 2.70 bits per heavy atom. The number of benzene rings is 1. The van der Waals surface area contributed by atoms with Crippen molar-refractivity contribution in [3.63, 3.8) is 0 Å². The monoisotopic (exact) mass is 277 g/mol. The highest BCUT2D eigenvalue weighted by Crippen LogP contribution is 2.21. The van der Waals surface area contributed by atoms with Gasteiger partial charge >= 0.3 is 12.0 Å². The summed E-state index contributed by atoms with van der Waals surface area (Å²) in [7, 11) is 0. The van der Waals surface area contributed by atoms with Crippen molar-refractivity contribution in [3.05, 3.63) is 41.8 Å². The van der Waals surface area contributed by atoms with Crippen LogP contribution in [-0.4, -0.2) is 27.4 Å². The molecule has 0 atom stereocenters. The summed E-state index contributed by atoms with van der Waals surface area (Å²) in [6.45, 7) is 0.158. The molecule has 8 heteroatoms. The third-order valence-electron chi connectivity index (χ3n) is 2.40. The topological polar surface area (TPSA) is 125 Å². The van der Waals surface area contributed by atoms with Crippen molar-refractivity contribution in [2.24, 2.45) is 0 Å². The highest BCUT2D eigenvalue weighted by molar-refractivity contribution is 5.93. The van der Waals surface area contributed by atoms with Gasteiger partial charge in [-0.15, -0.1) is 0 Å². The van der Waals surface area contributed by atoms with Crippen LogP contribution in [0, 0.1) is 0 Å². The first-order valence-electron chi connectivity index (χ1n) is 5.57. The number of carboxylic acids is 1. The number of urea groups is 1. The van der Waals surface area contributed by atoms with Crippen LogP contribution in [0.1, 0.15) is 16.1 Å². The largest absolute Gasteiger partial charge is 0.507 e. The number of aromatic carboxylic acids is 1. The molecule has 0 spiro atoms. The summed E-state index contributed by atoms with van der Waals surface area (Å²) in [4.78, 5) is 22.3. The van der Waals surface area contributed by atoms with Gasteiger partial charge in [0, 0.05) is 17.8 Å². The molecule has 0 bridgehead atoms. The number of carboxylic acid groups (broad SMARTS) is 1. The zero-order valence-electron chi connectivity index (χ0n) is 10.2. The summed E-state index contributed by atoms with van der Waals surface area (Å²) >= 11 is 0. The molecule has 8 nitrogen and oxygen atoms in total. The van der Waals surface area contributed by atoms with Crippen LogP contribution in [-0.2, 0) is 6.54 Å². The quantitative estimate of drug-likeness (QED) is 0.669. The van der Waals surface area contributed by atoms with Crippen LogP contribution >= 0.6 is 0 Å². The van der Waals surface area contributed by atoms with Crippen LogP contribution in [0.3, 0.4) is 0 Å². The third-order valence-corrected chi connectivity index (χ3v) is 2.40. The summed E-state index contributed by atoms with van der Waals surface area (Å²) in [6, 6.07) is 4.80. The lowest BCUT2D eigenvalue weighted by Crippen LogP contribution is -2.28. The molecule has 0 unspecified atom stereocenters. The first kappa shape index (κ1) is 13.4. The van der Waals surface area contributed by atoms with E-state index in [2.05, 4.69) is 15.8 Å². The lowest BCUT2D eigenvalue weighted by molar-refractivity contribution is 0.0694. The van der Waals surface area contributed by atoms with Gasteiger partial charge in [0.05, 0.1) is 12.7 Å². The zero-order valence-corrected chi connectivity index (χ0v) is 10.2. The van der Waals surface area contributed by atoms with E-state index in [0.29, 0.717) is 5.76 Å². The van der Waals surface area contributed by atoms with Gasteiger partial charge in [0.2, 0.25) is 0 Å². The summed E-state index contributed by atoms with van der Waals surface area (Å²) in [5.41, 5.74) is 0.0280. The van der Waals surface area contributed by atoms with Gasteiger partial charge in [0.15, 0.2) is 5.76 Å². The molecule has 0 aliphatic rings. The van der Waals surface area contributed by atoms with E-state index in [0.717, 1.165) is 6.07 Å². The Labute approximate surface area is 113 Å². The van der Waals surface area contributed by atoms with E-state index in [9.17, 15) is 14.7 Å². The molecule has 1 heterocycles. The summed E-state index contributed by atoms with van der Waals surface area (Å²) in [5, 5.41) is 26.7. The van der Waals surface area contributed by atoms with E-state index >= 15 is 0 Å². The predicted octanol–water partition coefficient (Wildman–Crippen LogP) is 1.40. The van der Waals surface area contributed by atoms with Crippen LogP contribution in [0.5, 0.6) is 5.75 Å². The zero-order chi connectivity index (χ0) is 14.5. The van der Waals surface area contributed by atoms with E-state index in [-0.39, 0.29) is 17.8 Å². The summed E-state index contributed by atoms with van der Waals surface area (Å²) in [6.07, 6.45) is 1.46. The number of hydrogen-bond acceptors (Lipinski definition) is 5. The van der Waals surface area contributed by atoms with Gasteiger partial charge in [-0.25, -0.2) is 9.59 Å². The van der Waals surface area contributed by atoms with Crippen molar-refractivity contribution in [1.29, 1.82) is 0 Å². The minimum absolute atomic E-state index is 0.158. The van der Waals surface area contributed by atoms with Gasteiger partial charge in [-0.1, -0.05) is 5.16 Å². The lowest BCUT2D eigenvalue weighted by atomic mass is 10.2. The molecular weight excluding hydrogens is 266 g/mol. The Balaban J connectivity index is 1.94. The smallest absolute Gasteiger partial charge is 0.339 e. The van der Waals surface area contributed by atoms with E-state index in [4.69, 9.17) is 9.63 Å². The molecule has 0 fully saturated rings. The van der Waals surface area contributed by atoms with E-state index in [1.807, 2.05) is 0 Å². The molecule has 2 aromatic rings. The number of nitrogens with zero attached hydrogens (tertiary/aromatic N) is 1. The van der Waals surface area contributed by atoms with Crippen molar-refractivity contribution >= 4 is 17.7 Å². The van der Waals surface area contributed by atoms with Crippen LogP contribution in [0.25, 0.3) is 0 Å². The van der Waals surface area contributed by atoms with Crippen LogP contribution in [0.4, 0.5) is 10.5 Å². The minimum atomic E-state index is -1.25. The van der Waals surface area contributed by atoms with Gasteiger partial charge in [0.1, 0.15) is 11.3 Å². The number of aromatic hydroxyl groups is 1. The normalized spacial score (nSPS) is 10.0. The van der Waals surface area contributed by atoms with Gasteiger partial charge in [-0.3, -0.25) is 0 Å². The van der Waals surface area contributed by atoms with E-state index in [1.165, 1.54) is 18.3 Å². The number of anilines is 1. The lowest BCUT2D eigenvalue weighted by Gasteiger charge is -2.07. The predicted molar refractivity (Wildman–Crippen MR) is 67.4 cm³/mol. The molecule has 20 heavy (non-hydrogen) atoms. The maximum absolute atomic E-state index is 11.6. The highest BCUT2D eigenvalue weighted by Gasteiger charge is 2.11. The van der Waals surface area contributed by atoms with E-state index in [1.54, 1.807) is 6.07 Å². The average Bonchev–Trinajstić information content (AvgIpc) is 2.89. The molecule has 2 rings (SSSR count). The fraction of sp³-hybridized carbons (Fsp3) is 0.0833. The third kappa shape index (κ3) is 3.25. The Bertz CT molecular complexity index is 624. The number of aromatic nitrogens is 1. The van der Waals surface area contributed by atoms with Crippen molar-refractivity contribution in [1.82, 2.24) is 10.5 Å². The molecule has 4 N–H and O–H groups in total. The number of hydrogen-bond donors (Lipinski definition) is 4. The maximum atomic E-state index is 11.6. The molecule has 0 saturated carbocycles. The molecule has 104 valence electrons. The first-order valence-corrected chi connectivity index (χ1v) is 5.57. The second kappa shape index (κ2) is 5.74. The fourth-order valence-electron chi connectivity index (χ4n) is 1.47. The molecule has 0 radical (unpaired) electrons. The Morgan fingerprint density at radius 1 is 1.30 bits per heavy atom. The van der Waals surface area contributed by atoms with Crippen LogP contribution in [0.2, 0.25) is 0 Å². The molecule has 0 aliphatic carbocycles. The van der Waals surface area contributed by atoms with Crippen molar-refractivity contribution in [2.75, 3.05) is 5.32 Å². The number of nitrogens with one attached hydrogen (secondary N) is 2. The van der Waals surface area contributed by atoms with Crippen molar-refractivity contribution in [3.8, 4) is 5.75 Å². The molecular formula is C12H11N3O5. The van der Waals surface area contributed by atoms with Crippen LogP contribution < -0.4 is 10.6 Å². The number of rotatable bonds is 4. The molecule has 0 aliphatic heterocycles. The Hall–Kier alpha value is -3.03. The molecule has 1 aromatic heterocycles. The summed E-state index contributed by atoms with van der Waals surface area (Å²) in [5.74, 6) is -1.18. The standard InChI is InChI=1S/C12H11N3O5/c16-10-5-7(1-2-9(10)11(17)18)15-12(19)13-6-8-3-4-14-20-8/h1-5,16H,6H2,(H,17,18)(H2,13,15,19). The highest BCUT2D eigenvalue weighted by atomic mass is 16.5. The molecule has 1 aromatic carbocycles. The fourth-order valence-corrected chi connectivity index (χ4v) is 1.47. The van der Waals surface area contributed by atoms with Crippen LogP contribution in [0.15, 0.2) is 35.0 Å².